The summed E-state index contributed by atoms with van der Waals surface area (Å²) < 4.78 is 5.81. The van der Waals surface area contributed by atoms with Gasteiger partial charge in [0.05, 0.1) is 5.69 Å². The number of para-hydroxylation sites is 1. The summed E-state index contributed by atoms with van der Waals surface area (Å²) in [6.07, 6.45) is 3.97. The highest BCUT2D eigenvalue weighted by Gasteiger charge is 2.15. The Balaban J connectivity index is 1.28. The van der Waals surface area contributed by atoms with Crippen LogP contribution >= 0.6 is 0 Å². The van der Waals surface area contributed by atoms with Crippen LogP contribution in [0.15, 0.2) is 91.3 Å². The minimum atomic E-state index is -0.178. The molecular weight excluding hydrogens is 412 g/mol. The van der Waals surface area contributed by atoms with Crippen molar-refractivity contribution < 1.29 is 9.53 Å². The van der Waals surface area contributed by atoms with E-state index in [1.165, 1.54) is 12.8 Å². The molecule has 1 fully saturated rings. The largest absolute Gasteiger partial charge is 0.457 e. The number of amides is 1. The first-order valence-corrected chi connectivity index (χ1v) is 11.1. The van der Waals surface area contributed by atoms with Gasteiger partial charge < -0.3 is 15.0 Å². The van der Waals surface area contributed by atoms with Crippen LogP contribution in [0.2, 0.25) is 0 Å². The molecular formula is C27H24N4O2. The van der Waals surface area contributed by atoms with Crippen molar-refractivity contribution in [3.8, 4) is 22.8 Å². The number of nitrogens with zero attached hydrogens (tertiary/aromatic N) is 3. The van der Waals surface area contributed by atoms with Crippen LogP contribution < -0.4 is 15.0 Å². The van der Waals surface area contributed by atoms with Gasteiger partial charge in [0.1, 0.15) is 23.6 Å². The first kappa shape index (κ1) is 20.7. The maximum absolute atomic E-state index is 12.9. The van der Waals surface area contributed by atoms with Crippen molar-refractivity contribution >= 4 is 17.4 Å². The number of anilines is 2. The van der Waals surface area contributed by atoms with Crippen LogP contribution in [-0.2, 0) is 0 Å². The second-order valence-corrected chi connectivity index (χ2v) is 7.93. The van der Waals surface area contributed by atoms with E-state index >= 15 is 0 Å². The van der Waals surface area contributed by atoms with Gasteiger partial charge in [-0.2, -0.15) is 0 Å². The van der Waals surface area contributed by atoms with E-state index in [-0.39, 0.29) is 5.91 Å². The number of ether oxygens (including phenoxy) is 1. The van der Waals surface area contributed by atoms with Gasteiger partial charge in [0.25, 0.3) is 5.91 Å². The maximum atomic E-state index is 12.9. The molecule has 1 aliphatic heterocycles. The second kappa shape index (κ2) is 9.53. The van der Waals surface area contributed by atoms with E-state index < -0.39 is 0 Å². The molecule has 1 N–H and O–H groups in total. The number of hydrogen-bond donors (Lipinski definition) is 1. The van der Waals surface area contributed by atoms with Crippen molar-refractivity contribution in [2.75, 3.05) is 23.3 Å². The van der Waals surface area contributed by atoms with Gasteiger partial charge in [-0.15, -0.1) is 0 Å². The fourth-order valence-electron chi connectivity index (χ4n) is 3.88. The number of aromatic nitrogens is 2. The van der Waals surface area contributed by atoms with Crippen molar-refractivity contribution in [2.24, 2.45) is 0 Å². The minimum absolute atomic E-state index is 0.178. The zero-order chi connectivity index (χ0) is 22.5. The average molecular weight is 437 g/mol. The summed E-state index contributed by atoms with van der Waals surface area (Å²) in [5, 5.41) is 2.95. The number of benzene rings is 3. The van der Waals surface area contributed by atoms with Gasteiger partial charge in [-0.1, -0.05) is 30.3 Å². The molecule has 0 bridgehead atoms. The summed E-state index contributed by atoms with van der Waals surface area (Å²) in [4.78, 5) is 24.0. The van der Waals surface area contributed by atoms with Gasteiger partial charge in [-0.3, -0.25) is 4.79 Å². The third-order valence-corrected chi connectivity index (χ3v) is 5.59. The Morgan fingerprint density at radius 3 is 2.36 bits per heavy atom. The molecule has 0 unspecified atom stereocenters. The summed E-state index contributed by atoms with van der Waals surface area (Å²) >= 11 is 0. The van der Waals surface area contributed by atoms with Gasteiger partial charge >= 0.3 is 0 Å². The van der Waals surface area contributed by atoms with Crippen molar-refractivity contribution in [2.45, 2.75) is 12.8 Å². The highest BCUT2D eigenvalue weighted by Crippen LogP contribution is 2.25. The van der Waals surface area contributed by atoms with Crippen LogP contribution in [0.3, 0.4) is 0 Å². The third kappa shape index (κ3) is 5.01. The van der Waals surface area contributed by atoms with Crippen molar-refractivity contribution in [3.05, 3.63) is 96.8 Å². The highest BCUT2D eigenvalue weighted by atomic mass is 16.5. The van der Waals surface area contributed by atoms with Crippen LogP contribution in [0.4, 0.5) is 11.5 Å². The molecule has 0 aliphatic carbocycles. The summed E-state index contributed by atoms with van der Waals surface area (Å²) in [5.41, 5.74) is 2.96. The van der Waals surface area contributed by atoms with E-state index in [0.717, 1.165) is 35.9 Å². The zero-order valence-corrected chi connectivity index (χ0v) is 18.1. The molecule has 1 aromatic heterocycles. The number of hydrogen-bond acceptors (Lipinski definition) is 5. The smallest absolute Gasteiger partial charge is 0.255 e. The van der Waals surface area contributed by atoms with Crippen LogP contribution in [-0.4, -0.2) is 29.0 Å². The van der Waals surface area contributed by atoms with Crippen molar-refractivity contribution in [3.63, 3.8) is 0 Å². The van der Waals surface area contributed by atoms with Gasteiger partial charge in [0, 0.05) is 36.0 Å². The fraction of sp³-hybridized carbons (Fsp3) is 0.148. The Kier molecular flexibility index (Phi) is 5.97. The third-order valence-electron chi connectivity index (χ3n) is 5.59. The van der Waals surface area contributed by atoms with Gasteiger partial charge in [0.2, 0.25) is 0 Å². The van der Waals surface area contributed by atoms with Crippen LogP contribution in [0, 0.1) is 0 Å². The molecule has 4 aromatic rings. The predicted octanol–water partition coefficient (Wildman–Crippen LogP) is 5.79. The molecule has 1 aliphatic rings. The van der Waals surface area contributed by atoms with E-state index in [2.05, 4.69) is 20.2 Å². The van der Waals surface area contributed by atoms with Crippen LogP contribution in [0.5, 0.6) is 11.5 Å². The molecule has 6 nitrogen and oxygen atoms in total. The van der Waals surface area contributed by atoms with Crippen LogP contribution in [0.1, 0.15) is 23.2 Å². The number of carbonyl (C=O) groups is 1. The van der Waals surface area contributed by atoms with E-state index in [0.29, 0.717) is 17.0 Å². The Labute approximate surface area is 192 Å². The molecule has 164 valence electrons. The molecule has 0 radical (unpaired) electrons. The molecule has 0 spiro atoms. The summed E-state index contributed by atoms with van der Waals surface area (Å²) in [6.45, 7) is 2.04. The lowest BCUT2D eigenvalue weighted by Crippen LogP contribution is -2.19. The molecule has 1 amide bonds. The predicted molar refractivity (Wildman–Crippen MR) is 130 cm³/mol. The standard InChI is InChI=1S/C27H24N4O2/c32-27(30-22-11-13-24(14-12-22)33-23-9-2-1-3-10-23)21-8-6-7-20(17-21)25-18-26(29-19-28-25)31-15-4-5-16-31/h1-3,6-14,17-19H,4-5,15-16H2,(H,30,32). The lowest BCUT2D eigenvalue weighted by Gasteiger charge is -2.16. The Morgan fingerprint density at radius 2 is 1.58 bits per heavy atom. The first-order chi connectivity index (χ1) is 16.2. The molecule has 0 atom stereocenters. The average Bonchev–Trinajstić information content (AvgIpc) is 3.41. The summed E-state index contributed by atoms with van der Waals surface area (Å²) in [6, 6.07) is 26.4. The topological polar surface area (TPSA) is 67.3 Å². The van der Waals surface area contributed by atoms with E-state index in [9.17, 15) is 4.79 Å². The number of carbonyl (C=O) groups excluding carboxylic acids is 1. The van der Waals surface area contributed by atoms with Crippen molar-refractivity contribution in [1.82, 2.24) is 9.97 Å². The minimum Gasteiger partial charge on any atom is -0.457 e. The maximum Gasteiger partial charge on any atom is 0.255 e. The molecule has 33 heavy (non-hydrogen) atoms. The lowest BCUT2D eigenvalue weighted by atomic mass is 10.1. The normalized spacial score (nSPS) is 13.0. The number of nitrogens with one attached hydrogen (secondary N) is 1. The first-order valence-electron chi connectivity index (χ1n) is 11.1. The Morgan fingerprint density at radius 1 is 0.818 bits per heavy atom. The highest BCUT2D eigenvalue weighted by molar-refractivity contribution is 6.04. The number of rotatable bonds is 6. The quantitative estimate of drug-likeness (QED) is 0.414. The molecule has 3 aromatic carbocycles. The summed E-state index contributed by atoms with van der Waals surface area (Å²) in [5.74, 6) is 2.23. The van der Waals surface area contributed by atoms with Gasteiger partial charge in [-0.05, 0) is 61.4 Å². The molecule has 0 saturated carbocycles. The molecule has 6 heteroatoms. The van der Waals surface area contributed by atoms with E-state index in [1.54, 1.807) is 12.4 Å². The van der Waals surface area contributed by atoms with Crippen LogP contribution in [0.25, 0.3) is 11.3 Å². The van der Waals surface area contributed by atoms with Crippen molar-refractivity contribution in [1.29, 1.82) is 0 Å². The zero-order valence-electron chi connectivity index (χ0n) is 18.1. The molecule has 2 heterocycles. The van der Waals surface area contributed by atoms with E-state index in [1.807, 2.05) is 78.9 Å². The van der Waals surface area contributed by atoms with E-state index in [4.69, 9.17) is 4.74 Å². The van der Waals surface area contributed by atoms with Gasteiger partial charge in [-0.25, -0.2) is 9.97 Å². The molecule has 5 rings (SSSR count). The Bertz CT molecular complexity index is 1240. The lowest BCUT2D eigenvalue weighted by molar-refractivity contribution is 0.102. The fourth-order valence-corrected chi connectivity index (χ4v) is 3.88. The monoisotopic (exact) mass is 436 g/mol. The second-order valence-electron chi connectivity index (χ2n) is 7.93. The summed E-state index contributed by atoms with van der Waals surface area (Å²) in [7, 11) is 0. The van der Waals surface area contributed by atoms with Gasteiger partial charge in [0.15, 0.2) is 0 Å². The Hall–Kier alpha value is -4.19. The molecule has 1 saturated heterocycles. The SMILES string of the molecule is O=C(Nc1ccc(Oc2ccccc2)cc1)c1cccc(-c2cc(N3CCCC3)ncn2)c1.